The van der Waals surface area contributed by atoms with Gasteiger partial charge in [0.05, 0.1) is 5.88 Å². The number of aromatic nitrogens is 2. The molecule has 0 unspecified atom stereocenters. The molecule has 2 nitrogen and oxygen atoms in total. The van der Waals surface area contributed by atoms with Crippen LogP contribution in [0.3, 0.4) is 0 Å². The Morgan fingerprint density at radius 1 is 1.15 bits per heavy atom. The normalized spacial score (nSPS) is 10.6. The maximum atomic E-state index is 5.63. The van der Waals surface area contributed by atoms with Crippen molar-refractivity contribution in [2.24, 2.45) is 0 Å². The maximum absolute atomic E-state index is 5.63. The number of hydrogen-bond donors (Lipinski definition) is 0. The molecule has 0 bridgehead atoms. The summed E-state index contributed by atoms with van der Waals surface area (Å²) in [5.41, 5.74) is 0. The third-order valence-corrected chi connectivity index (χ3v) is 3.26. The molecule has 0 aliphatic heterocycles. The monoisotopic (exact) mass is 218 g/mol. The number of rotatable bonds is 6. The Balaban J connectivity index is 2.20. The minimum atomic E-state index is 0.493. The zero-order valence-electron chi connectivity index (χ0n) is 7.92. The molecule has 0 saturated carbocycles. The molecule has 0 saturated heterocycles. The van der Waals surface area contributed by atoms with Gasteiger partial charge in [0.1, 0.15) is 10.0 Å². The van der Waals surface area contributed by atoms with Gasteiger partial charge in [-0.15, -0.1) is 33.1 Å². The molecule has 13 heavy (non-hydrogen) atoms. The van der Waals surface area contributed by atoms with Crippen LogP contribution in [0.1, 0.15) is 42.6 Å². The third kappa shape index (κ3) is 4.05. The highest BCUT2D eigenvalue weighted by Gasteiger charge is 2.01. The van der Waals surface area contributed by atoms with Crippen LogP contribution in [0.15, 0.2) is 0 Å². The fourth-order valence-electron chi connectivity index (χ4n) is 1.15. The lowest BCUT2D eigenvalue weighted by Crippen LogP contribution is -1.84. The van der Waals surface area contributed by atoms with Crippen molar-refractivity contribution in [3.05, 3.63) is 10.0 Å². The summed E-state index contributed by atoms with van der Waals surface area (Å²) < 4.78 is 0. The zero-order chi connectivity index (χ0) is 9.52. The fraction of sp³-hybridized carbons (Fsp3) is 0.778. The molecule has 0 fully saturated rings. The van der Waals surface area contributed by atoms with Gasteiger partial charge in [-0.1, -0.05) is 26.2 Å². The Kier molecular flexibility index (Phi) is 5.32. The van der Waals surface area contributed by atoms with E-state index in [0.29, 0.717) is 5.88 Å². The number of halogens is 1. The minimum absolute atomic E-state index is 0.493. The van der Waals surface area contributed by atoms with Crippen molar-refractivity contribution in [1.82, 2.24) is 10.2 Å². The summed E-state index contributed by atoms with van der Waals surface area (Å²) in [4.78, 5) is 0. The molecule has 0 spiro atoms. The Hall–Kier alpha value is -0.150. The van der Waals surface area contributed by atoms with E-state index < -0.39 is 0 Å². The van der Waals surface area contributed by atoms with Crippen LogP contribution < -0.4 is 0 Å². The van der Waals surface area contributed by atoms with Crippen molar-refractivity contribution in [2.75, 3.05) is 0 Å². The van der Waals surface area contributed by atoms with E-state index in [1.807, 2.05) is 0 Å². The van der Waals surface area contributed by atoms with Crippen molar-refractivity contribution in [3.8, 4) is 0 Å². The third-order valence-electron chi connectivity index (χ3n) is 1.87. The molecule has 0 radical (unpaired) electrons. The van der Waals surface area contributed by atoms with E-state index in [-0.39, 0.29) is 0 Å². The second-order valence-corrected chi connectivity index (χ2v) is 4.45. The topological polar surface area (TPSA) is 25.8 Å². The van der Waals surface area contributed by atoms with E-state index >= 15 is 0 Å². The summed E-state index contributed by atoms with van der Waals surface area (Å²) in [6.07, 6.45) is 6.19. The summed E-state index contributed by atoms with van der Waals surface area (Å²) in [7, 11) is 0. The highest BCUT2D eigenvalue weighted by atomic mass is 35.5. The molecular weight excluding hydrogens is 204 g/mol. The predicted octanol–water partition coefficient (Wildman–Crippen LogP) is 3.40. The molecule has 0 atom stereocenters. The van der Waals surface area contributed by atoms with Gasteiger partial charge in [-0.05, 0) is 6.42 Å². The molecule has 1 heterocycles. The second kappa shape index (κ2) is 6.33. The van der Waals surface area contributed by atoms with Crippen LogP contribution in [0.5, 0.6) is 0 Å². The van der Waals surface area contributed by atoms with Crippen LogP contribution in [0.4, 0.5) is 0 Å². The molecule has 1 rings (SSSR count). The largest absolute Gasteiger partial charge is 0.144 e. The van der Waals surface area contributed by atoms with Gasteiger partial charge in [0.2, 0.25) is 0 Å². The van der Waals surface area contributed by atoms with Gasteiger partial charge >= 0.3 is 0 Å². The average molecular weight is 219 g/mol. The first-order chi connectivity index (χ1) is 6.36. The van der Waals surface area contributed by atoms with E-state index in [0.717, 1.165) is 16.4 Å². The number of hydrogen-bond acceptors (Lipinski definition) is 3. The fourth-order valence-corrected chi connectivity index (χ4v) is 2.10. The number of nitrogens with zero attached hydrogens (tertiary/aromatic N) is 2. The summed E-state index contributed by atoms with van der Waals surface area (Å²) in [5.74, 6) is 0.493. The quantitative estimate of drug-likeness (QED) is 0.540. The molecule has 74 valence electrons. The summed E-state index contributed by atoms with van der Waals surface area (Å²) >= 11 is 7.27. The summed E-state index contributed by atoms with van der Waals surface area (Å²) in [6, 6.07) is 0. The van der Waals surface area contributed by atoms with Crippen LogP contribution in [-0.4, -0.2) is 10.2 Å². The predicted molar refractivity (Wildman–Crippen MR) is 57.3 cm³/mol. The molecule has 1 aromatic rings. The molecule has 0 aliphatic carbocycles. The van der Waals surface area contributed by atoms with E-state index in [2.05, 4.69) is 17.1 Å². The van der Waals surface area contributed by atoms with Crippen LogP contribution in [0.2, 0.25) is 0 Å². The standard InChI is InChI=1S/C9H15ClN2S/c1-2-3-4-5-6-8-11-12-9(7-10)13-8/h2-7H2,1H3. The average Bonchev–Trinajstić information content (AvgIpc) is 2.60. The van der Waals surface area contributed by atoms with E-state index in [4.69, 9.17) is 11.6 Å². The van der Waals surface area contributed by atoms with Gasteiger partial charge in [-0.3, -0.25) is 0 Å². The molecule has 1 aromatic heterocycles. The lowest BCUT2D eigenvalue weighted by Gasteiger charge is -1.94. The van der Waals surface area contributed by atoms with Crippen molar-refractivity contribution in [3.63, 3.8) is 0 Å². The van der Waals surface area contributed by atoms with E-state index in [1.54, 1.807) is 11.3 Å². The van der Waals surface area contributed by atoms with Gasteiger partial charge in [-0.2, -0.15) is 0 Å². The minimum Gasteiger partial charge on any atom is -0.144 e. The van der Waals surface area contributed by atoms with Crippen molar-refractivity contribution < 1.29 is 0 Å². The summed E-state index contributed by atoms with van der Waals surface area (Å²) in [6.45, 7) is 2.22. The van der Waals surface area contributed by atoms with Gasteiger partial charge in [0, 0.05) is 6.42 Å². The SMILES string of the molecule is CCCCCCc1nnc(CCl)s1. The highest BCUT2D eigenvalue weighted by Crippen LogP contribution is 2.14. The smallest absolute Gasteiger partial charge is 0.132 e. The Morgan fingerprint density at radius 2 is 1.92 bits per heavy atom. The van der Waals surface area contributed by atoms with Gasteiger partial charge < -0.3 is 0 Å². The van der Waals surface area contributed by atoms with Crippen LogP contribution in [0.25, 0.3) is 0 Å². The van der Waals surface area contributed by atoms with Crippen molar-refractivity contribution >= 4 is 22.9 Å². The van der Waals surface area contributed by atoms with Gasteiger partial charge in [-0.25, -0.2) is 0 Å². The number of alkyl halides is 1. The molecule has 4 heteroatoms. The van der Waals surface area contributed by atoms with E-state index in [9.17, 15) is 0 Å². The highest BCUT2D eigenvalue weighted by molar-refractivity contribution is 7.11. The van der Waals surface area contributed by atoms with Gasteiger partial charge in [0.15, 0.2) is 0 Å². The number of unbranched alkanes of at least 4 members (excludes halogenated alkanes) is 3. The number of aryl methyl sites for hydroxylation is 1. The van der Waals surface area contributed by atoms with E-state index in [1.165, 1.54) is 25.7 Å². The Bertz CT molecular complexity index is 237. The molecular formula is C9H15ClN2S. The zero-order valence-corrected chi connectivity index (χ0v) is 9.50. The first-order valence-corrected chi connectivity index (χ1v) is 6.09. The van der Waals surface area contributed by atoms with Crippen LogP contribution >= 0.6 is 22.9 Å². The molecule has 0 amide bonds. The Morgan fingerprint density at radius 3 is 2.54 bits per heavy atom. The molecule has 0 N–H and O–H groups in total. The summed E-state index contributed by atoms with van der Waals surface area (Å²) in [5, 5.41) is 10.1. The molecule has 0 aliphatic rings. The van der Waals surface area contributed by atoms with Crippen LogP contribution in [0, 0.1) is 0 Å². The molecule has 0 aromatic carbocycles. The lowest BCUT2D eigenvalue weighted by molar-refractivity contribution is 0.662. The Labute approximate surface area is 88.3 Å². The first kappa shape index (κ1) is 10.9. The van der Waals surface area contributed by atoms with Crippen molar-refractivity contribution in [1.29, 1.82) is 0 Å². The second-order valence-electron chi connectivity index (χ2n) is 3.03. The van der Waals surface area contributed by atoms with Gasteiger partial charge in [0.25, 0.3) is 0 Å². The first-order valence-electron chi connectivity index (χ1n) is 4.74. The maximum Gasteiger partial charge on any atom is 0.132 e. The van der Waals surface area contributed by atoms with Crippen molar-refractivity contribution in [2.45, 2.75) is 44.9 Å². The lowest BCUT2D eigenvalue weighted by atomic mass is 10.2. The van der Waals surface area contributed by atoms with Crippen LogP contribution in [-0.2, 0) is 12.3 Å².